The fourth-order valence-corrected chi connectivity index (χ4v) is 2.90. The first-order valence-corrected chi connectivity index (χ1v) is 8.26. The van der Waals surface area contributed by atoms with Crippen LogP contribution in [0.1, 0.15) is 54.1 Å². The molecule has 0 bridgehead atoms. The molecule has 0 radical (unpaired) electrons. The second kappa shape index (κ2) is 7.38. The summed E-state index contributed by atoms with van der Waals surface area (Å²) in [4.78, 5) is 20.2. The monoisotopic (exact) mass is 330 g/mol. The molecule has 0 unspecified atom stereocenters. The predicted molar refractivity (Wildman–Crippen MR) is 86.1 cm³/mol. The van der Waals surface area contributed by atoms with E-state index in [1.54, 1.807) is 13.0 Å². The summed E-state index contributed by atoms with van der Waals surface area (Å²) in [6, 6.07) is 3.67. The van der Waals surface area contributed by atoms with Crippen LogP contribution in [0.15, 0.2) is 15.6 Å². The van der Waals surface area contributed by atoms with Crippen LogP contribution in [0, 0.1) is 24.2 Å². The molecule has 0 aliphatic carbocycles. The van der Waals surface area contributed by atoms with Crippen LogP contribution >= 0.6 is 11.8 Å². The molecule has 7 heteroatoms. The van der Waals surface area contributed by atoms with Crippen molar-refractivity contribution in [3.05, 3.63) is 34.6 Å². The Labute approximate surface area is 139 Å². The highest BCUT2D eigenvalue weighted by atomic mass is 32.2. The molecule has 6 nitrogen and oxygen atoms in total. The lowest BCUT2D eigenvalue weighted by Crippen LogP contribution is -2.02. The lowest BCUT2D eigenvalue weighted by Gasteiger charge is -2.06. The summed E-state index contributed by atoms with van der Waals surface area (Å²) in [5.74, 6) is 1.99. The molecule has 2 heterocycles. The Hall–Kier alpha value is -2.20. The molecule has 0 saturated heterocycles. The van der Waals surface area contributed by atoms with Crippen molar-refractivity contribution in [2.24, 2.45) is 5.92 Å². The van der Waals surface area contributed by atoms with Crippen LogP contribution in [0.2, 0.25) is 0 Å². The first-order valence-electron chi connectivity index (χ1n) is 7.27. The van der Waals surface area contributed by atoms with E-state index in [1.807, 2.05) is 0 Å². The summed E-state index contributed by atoms with van der Waals surface area (Å²) >= 11 is 1.35. The molecule has 0 saturated carbocycles. The van der Waals surface area contributed by atoms with Crippen LogP contribution in [0.25, 0.3) is 0 Å². The number of nitriles is 1. The summed E-state index contributed by atoms with van der Waals surface area (Å²) in [5.41, 5.74) is 1.47. The zero-order valence-corrected chi connectivity index (χ0v) is 14.4. The molecule has 0 spiro atoms. The second-order valence-electron chi connectivity index (χ2n) is 5.63. The highest BCUT2D eigenvalue weighted by molar-refractivity contribution is 7.98. The number of ketones is 1. The van der Waals surface area contributed by atoms with Gasteiger partial charge in [0.05, 0.1) is 11.3 Å². The minimum absolute atomic E-state index is 0.0988. The van der Waals surface area contributed by atoms with E-state index in [4.69, 9.17) is 4.52 Å². The van der Waals surface area contributed by atoms with Crippen LogP contribution in [-0.4, -0.2) is 20.9 Å². The van der Waals surface area contributed by atoms with E-state index in [0.29, 0.717) is 45.2 Å². The Morgan fingerprint density at radius 2 is 2.17 bits per heavy atom. The number of nitrogens with zero attached hydrogens (tertiary/aromatic N) is 4. The third-order valence-electron chi connectivity index (χ3n) is 3.11. The van der Waals surface area contributed by atoms with Gasteiger partial charge in [0.2, 0.25) is 5.89 Å². The molecule has 2 rings (SSSR count). The summed E-state index contributed by atoms with van der Waals surface area (Å²) in [6.45, 7) is 7.41. The molecule has 0 aliphatic rings. The van der Waals surface area contributed by atoms with E-state index in [1.165, 1.54) is 18.7 Å². The van der Waals surface area contributed by atoms with Gasteiger partial charge in [-0.25, -0.2) is 4.98 Å². The van der Waals surface area contributed by atoms with E-state index in [2.05, 4.69) is 35.0 Å². The predicted octanol–water partition coefficient (Wildman–Crippen LogP) is 3.34. The van der Waals surface area contributed by atoms with Crippen LogP contribution in [-0.2, 0) is 12.2 Å². The molecule has 23 heavy (non-hydrogen) atoms. The Morgan fingerprint density at radius 1 is 1.43 bits per heavy atom. The van der Waals surface area contributed by atoms with E-state index in [-0.39, 0.29) is 5.78 Å². The number of rotatable bonds is 6. The van der Waals surface area contributed by atoms with Gasteiger partial charge in [0, 0.05) is 17.7 Å². The number of carbonyl (C=O) groups excluding carboxylic acids is 1. The lowest BCUT2D eigenvalue weighted by atomic mass is 10.1. The van der Waals surface area contributed by atoms with Gasteiger partial charge in [0.15, 0.2) is 11.6 Å². The SMILES string of the molecule is CC(=O)c1cc(C#N)c(SCc2nc(CC(C)C)no2)nc1C. The number of hydrogen-bond donors (Lipinski definition) is 0. The molecule has 120 valence electrons. The van der Waals surface area contributed by atoms with Gasteiger partial charge in [-0.1, -0.05) is 30.8 Å². The average Bonchev–Trinajstić information content (AvgIpc) is 2.91. The van der Waals surface area contributed by atoms with Gasteiger partial charge in [0.25, 0.3) is 0 Å². The minimum atomic E-state index is -0.0988. The van der Waals surface area contributed by atoms with Gasteiger partial charge < -0.3 is 4.52 Å². The summed E-state index contributed by atoms with van der Waals surface area (Å²) in [7, 11) is 0. The minimum Gasteiger partial charge on any atom is -0.338 e. The zero-order chi connectivity index (χ0) is 17.0. The number of pyridine rings is 1. The average molecular weight is 330 g/mol. The van der Waals surface area contributed by atoms with E-state index in [9.17, 15) is 10.1 Å². The van der Waals surface area contributed by atoms with Crippen molar-refractivity contribution in [2.45, 2.75) is 44.9 Å². The zero-order valence-electron chi connectivity index (χ0n) is 13.6. The molecule has 0 atom stereocenters. The fraction of sp³-hybridized carbons (Fsp3) is 0.438. The number of Topliss-reactive ketones (excluding diaryl/α,β-unsaturated/α-hetero) is 1. The number of aromatic nitrogens is 3. The molecule has 0 fully saturated rings. The Morgan fingerprint density at radius 3 is 2.78 bits per heavy atom. The maximum absolute atomic E-state index is 11.5. The van der Waals surface area contributed by atoms with Gasteiger partial charge in [-0.3, -0.25) is 4.79 Å². The quantitative estimate of drug-likeness (QED) is 0.592. The molecular formula is C16H18N4O2S. The third-order valence-corrected chi connectivity index (χ3v) is 4.09. The van der Waals surface area contributed by atoms with Crippen molar-refractivity contribution in [2.75, 3.05) is 0 Å². The van der Waals surface area contributed by atoms with Crippen molar-refractivity contribution in [3.8, 4) is 6.07 Å². The van der Waals surface area contributed by atoms with Crippen LogP contribution in [0.4, 0.5) is 0 Å². The van der Waals surface area contributed by atoms with E-state index in [0.717, 1.165) is 6.42 Å². The first kappa shape index (κ1) is 17.2. The van der Waals surface area contributed by atoms with Crippen molar-refractivity contribution in [1.82, 2.24) is 15.1 Å². The Kier molecular flexibility index (Phi) is 5.50. The number of thioether (sulfide) groups is 1. The number of aryl methyl sites for hydroxylation is 1. The fourth-order valence-electron chi connectivity index (χ4n) is 2.06. The normalized spacial score (nSPS) is 10.8. The van der Waals surface area contributed by atoms with Gasteiger partial charge in [-0.15, -0.1) is 0 Å². The van der Waals surface area contributed by atoms with Gasteiger partial charge in [-0.05, 0) is 25.8 Å². The largest absolute Gasteiger partial charge is 0.338 e. The summed E-state index contributed by atoms with van der Waals surface area (Å²) in [6.07, 6.45) is 0.766. The summed E-state index contributed by atoms with van der Waals surface area (Å²) in [5, 5.41) is 13.8. The lowest BCUT2D eigenvalue weighted by molar-refractivity contribution is 0.101. The van der Waals surface area contributed by atoms with E-state index >= 15 is 0 Å². The summed E-state index contributed by atoms with van der Waals surface area (Å²) < 4.78 is 5.21. The van der Waals surface area contributed by atoms with Crippen molar-refractivity contribution < 1.29 is 9.32 Å². The maximum Gasteiger partial charge on any atom is 0.237 e. The van der Waals surface area contributed by atoms with Gasteiger partial charge in [-0.2, -0.15) is 10.2 Å². The second-order valence-corrected chi connectivity index (χ2v) is 6.60. The van der Waals surface area contributed by atoms with Crippen molar-refractivity contribution >= 4 is 17.5 Å². The highest BCUT2D eigenvalue weighted by Crippen LogP contribution is 2.26. The van der Waals surface area contributed by atoms with Crippen LogP contribution in [0.5, 0.6) is 0 Å². The van der Waals surface area contributed by atoms with Crippen LogP contribution in [0.3, 0.4) is 0 Å². The van der Waals surface area contributed by atoms with Gasteiger partial charge >= 0.3 is 0 Å². The number of hydrogen-bond acceptors (Lipinski definition) is 7. The first-order chi connectivity index (χ1) is 10.9. The topological polar surface area (TPSA) is 92.7 Å². The third kappa shape index (κ3) is 4.39. The van der Waals surface area contributed by atoms with Crippen molar-refractivity contribution in [3.63, 3.8) is 0 Å². The Balaban J connectivity index is 2.14. The standard InChI is InChI=1S/C16H18N4O2S/c1-9(2)5-14-19-15(22-20-14)8-23-16-12(7-17)6-13(11(4)21)10(3)18-16/h6,9H,5,8H2,1-4H3. The van der Waals surface area contributed by atoms with E-state index < -0.39 is 0 Å². The molecule has 2 aromatic heterocycles. The molecule has 0 amide bonds. The van der Waals surface area contributed by atoms with Crippen LogP contribution < -0.4 is 0 Å². The van der Waals surface area contributed by atoms with Crippen molar-refractivity contribution in [1.29, 1.82) is 5.26 Å². The smallest absolute Gasteiger partial charge is 0.237 e. The van der Waals surface area contributed by atoms with Gasteiger partial charge in [0.1, 0.15) is 11.1 Å². The molecule has 0 aromatic carbocycles. The molecule has 0 N–H and O–H groups in total. The highest BCUT2D eigenvalue weighted by Gasteiger charge is 2.14. The molecule has 0 aliphatic heterocycles. The molecular weight excluding hydrogens is 312 g/mol. The maximum atomic E-state index is 11.5. The number of carbonyl (C=O) groups is 1. The Bertz CT molecular complexity index is 762. The molecule has 2 aromatic rings.